The molecule has 2 aliphatic heterocycles. The Morgan fingerprint density at radius 3 is 2.90 bits per heavy atom. The van der Waals surface area contributed by atoms with Crippen LogP contribution in [0.2, 0.25) is 5.02 Å². The standard InChI is InChI=1S/C21H19ClFN5O/c1-11-25-19(17-7-8-24-27-17)15-10-13-3-2-4-18(20(15)26-11)28(13)21(29)14-6-5-12(23)9-16(14)22/h5-9,13,18H,2-4,10H2,1H3,(H,24,27)/t13-,18+/m0/s1. The van der Waals surface area contributed by atoms with E-state index in [-0.39, 0.29) is 23.0 Å². The molecule has 1 saturated heterocycles. The quantitative estimate of drug-likeness (QED) is 0.683. The SMILES string of the molecule is Cc1nc(-c2ccn[nH]2)c2c(n1)[C@H]1CCC[C@@H](C2)N1C(=O)c1ccc(F)cc1Cl. The molecule has 3 aromatic rings. The summed E-state index contributed by atoms with van der Waals surface area (Å²) < 4.78 is 13.5. The van der Waals surface area contributed by atoms with E-state index >= 15 is 0 Å². The molecular formula is C21H19ClFN5O. The van der Waals surface area contributed by atoms with Gasteiger partial charge in [0.2, 0.25) is 0 Å². The van der Waals surface area contributed by atoms with E-state index in [9.17, 15) is 9.18 Å². The number of H-pyrrole nitrogens is 1. The molecule has 8 heteroatoms. The van der Waals surface area contributed by atoms with E-state index in [0.717, 1.165) is 41.9 Å². The second kappa shape index (κ2) is 6.91. The largest absolute Gasteiger partial charge is 0.327 e. The molecule has 5 rings (SSSR count). The van der Waals surface area contributed by atoms with Crippen LogP contribution in [0.5, 0.6) is 0 Å². The van der Waals surface area contributed by atoms with Crippen molar-refractivity contribution in [1.29, 1.82) is 0 Å². The van der Waals surface area contributed by atoms with Crippen molar-refractivity contribution in [2.45, 2.75) is 44.7 Å². The van der Waals surface area contributed by atoms with Crippen LogP contribution >= 0.6 is 11.6 Å². The molecule has 1 amide bonds. The lowest BCUT2D eigenvalue weighted by Crippen LogP contribution is -2.50. The molecule has 2 aromatic heterocycles. The van der Waals surface area contributed by atoms with E-state index in [2.05, 4.69) is 15.2 Å². The van der Waals surface area contributed by atoms with E-state index in [1.807, 2.05) is 17.9 Å². The van der Waals surface area contributed by atoms with Gasteiger partial charge in [-0.3, -0.25) is 9.89 Å². The topological polar surface area (TPSA) is 74.8 Å². The van der Waals surface area contributed by atoms with Gasteiger partial charge < -0.3 is 4.90 Å². The van der Waals surface area contributed by atoms with Crippen LogP contribution in [0.4, 0.5) is 4.39 Å². The fourth-order valence-electron chi connectivity index (χ4n) is 4.60. The van der Waals surface area contributed by atoms with Crippen LogP contribution < -0.4 is 0 Å². The molecule has 0 spiro atoms. The van der Waals surface area contributed by atoms with Crippen LogP contribution in [0.25, 0.3) is 11.4 Å². The van der Waals surface area contributed by atoms with Gasteiger partial charge in [-0.2, -0.15) is 5.10 Å². The van der Waals surface area contributed by atoms with E-state index in [1.165, 1.54) is 18.2 Å². The summed E-state index contributed by atoms with van der Waals surface area (Å²) in [5.74, 6) is 0.0302. The molecule has 2 aliphatic rings. The Balaban J connectivity index is 1.61. The first-order valence-electron chi connectivity index (χ1n) is 9.68. The van der Waals surface area contributed by atoms with Gasteiger partial charge in [-0.25, -0.2) is 14.4 Å². The van der Waals surface area contributed by atoms with Gasteiger partial charge in [0.15, 0.2) is 0 Å². The summed E-state index contributed by atoms with van der Waals surface area (Å²) in [7, 11) is 0. The molecule has 0 radical (unpaired) electrons. The number of aromatic amines is 1. The summed E-state index contributed by atoms with van der Waals surface area (Å²) >= 11 is 6.19. The van der Waals surface area contributed by atoms with Crippen LogP contribution in [-0.2, 0) is 6.42 Å². The maximum atomic E-state index is 13.5. The third-order valence-electron chi connectivity index (χ3n) is 5.80. The van der Waals surface area contributed by atoms with Crippen LogP contribution in [-0.4, -0.2) is 37.0 Å². The summed E-state index contributed by atoms with van der Waals surface area (Å²) in [4.78, 5) is 24.7. The maximum Gasteiger partial charge on any atom is 0.256 e. The van der Waals surface area contributed by atoms with Gasteiger partial charge in [0.25, 0.3) is 5.91 Å². The average Bonchev–Trinajstić information content (AvgIpc) is 3.22. The van der Waals surface area contributed by atoms with Crippen molar-refractivity contribution in [2.24, 2.45) is 0 Å². The molecule has 1 N–H and O–H groups in total. The number of halogens is 2. The van der Waals surface area contributed by atoms with Crippen molar-refractivity contribution in [3.63, 3.8) is 0 Å². The lowest BCUT2D eigenvalue weighted by Gasteiger charge is -2.46. The van der Waals surface area contributed by atoms with E-state index < -0.39 is 5.82 Å². The Labute approximate surface area is 172 Å². The van der Waals surface area contributed by atoms with Gasteiger partial charge >= 0.3 is 0 Å². The monoisotopic (exact) mass is 411 g/mol. The zero-order valence-electron chi connectivity index (χ0n) is 15.8. The van der Waals surface area contributed by atoms with Gasteiger partial charge in [-0.05, 0) is 56.9 Å². The van der Waals surface area contributed by atoms with Crippen LogP contribution in [0.15, 0.2) is 30.5 Å². The highest BCUT2D eigenvalue weighted by molar-refractivity contribution is 6.33. The fourth-order valence-corrected chi connectivity index (χ4v) is 4.85. The molecule has 29 heavy (non-hydrogen) atoms. The van der Waals surface area contributed by atoms with Crippen molar-refractivity contribution in [2.75, 3.05) is 0 Å². The number of amides is 1. The number of nitrogens with zero attached hydrogens (tertiary/aromatic N) is 4. The lowest BCUT2D eigenvalue weighted by molar-refractivity contribution is 0.0389. The molecule has 0 aliphatic carbocycles. The highest BCUT2D eigenvalue weighted by Crippen LogP contribution is 2.44. The number of benzene rings is 1. The first-order chi connectivity index (χ1) is 14.0. The Morgan fingerprint density at radius 1 is 1.28 bits per heavy atom. The zero-order valence-corrected chi connectivity index (χ0v) is 16.6. The van der Waals surface area contributed by atoms with Crippen molar-refractivity contribution in [3.8, 4) is 11.4 Å². The first-order valence-corrected chi connectivity index (χ1v) is 10.1. The van der Waals surface area contributed by atoms with Crippen molar-refractivity contribution in [1.82, 2.24) is 25.1 Å². The second-order valence-corrected chi connectivity index (χ2v) is 8.00. The number of carbonyl (C=O) groups excluding carboxylic acids is 1. The van der Waals surface area contributed by atoms with E-state index in [0.29, 0.717) is 17.8 Å². The van der Waals surface area contributed by atoms with E-state index in [1.54, 1.807) is 6.20 Å². The molecule has 1 aromatic carbocycles. The molecule has 1 fully saturated rings. The number of carbonyl (C=O) groups is 1. The fraction of sp³-hybridized carbons (Fsp3) is 0.333. The molecule has 2 bridgehead atoms. The van der Waals surface area contributed by atoms with E-state index in [4.69, 9.17) is 16.6 Å². The lowest BCUT2D eigenvalue weighted by atomic mass is 9.81. The average molecular weight is 412 g/mol. The Kier molecular flexibility index (Phi) is 4.35. The van der Waals surface area contributed by atoms with Gasteiger partial charge in [-0.1, -0.05) is 11.6 Å². The molecule has 0 unspecified atom stereocenters. The van der Waals surface area contributed by atoms with Gasteiger partial charge in [0.1, 0.15) is 11.6 Å². The molecule has 0 saturated carbocycles. The molecule has 2 atom stereocenters. The van der Waals surface area contributed by atoms with Crippen LogP contribution in [0, 0.1) is 12.7 Å². The highest BCUT2D eigenvalue weighted by Gasteiger charge is 2.43. The predicted molar refractivity (Wildman–Crippen MR) is 106 cm³/mol. The van der Waals surface area contributed by atoms with Crippen LogP contribution in [0.3, 0.4) is 0 Å². The normalized spacial score (nSPS) is 20.4. The minimum atomic E-state index is -0.455. The molecule has 4 heterocycles. The van der Waals surface area contributed by atoms with Crippen molar-refractivity contribution >= 4 is 17.5 Å². The number of fused-ring (bicyclic) bond motifs is 4. The Morgan fingerprint density at radius 2 is 2.14 bits per heavy atom. The van der Waals surface area contributed by atoms with Crippen molar-refractivity contribution in [3.05, 3.63) is 63.9 Å². The van der Waals surface area contributed by atoms with Crippen LogP contribution in [0.1, 0.15) is 52.7 Å². The van der Waals surface area contributed by atoms with Gasteiger partial charge in [0.05, 0.1) is 33.7 Å². The number of aromatic nitrogens is 4. The minimum absolute atomic E-state index is 0.0304. The molecule has 148 valence electrons. The minimum Gasteiger partial charge on any atom is -0.327 e. The zero-order chi connectivity index (χ0) is 20.1. The number of rotatable bonds is 2. The smallest absolute Gasteiger partial charge is 0.256 e. The summed E-state index contributed by atoms with van der Waals surface area (Å²) in [5, 5.41) is 7.18. The molecular weight excluding hydrogens is 393 g/mol. The molecule has 6 nitrogen and oxygen atoms in total. The Hall–Kier alpha value is -2.80. The van der Waals surface area contributed by atoms with Gasteiger partial charge in [0, 0.05) is 17.8 Å². The summed E-state index contributed by atoms with van der Waals surface area (Å²) in [6, 6.07) is 5.71. The number of hydrogen-bond donors (Lipinski definition) is 1. The number of hydrogen-bond acceptors (Lipinski definition) is 4. The van der Waals surface area contributed by atoms with Crippen molar-refractivity contribution < 1.29 is 9.18 Å². The summed E-state index contributed by atoms with van der Waals surface area (Å²) in [6.07, 6.45) is 5.13. The second-order valence-electron chi connectivity index (χ2n) is 7.59. The summed E-state index contributed by atoms with van der Waals surface area (Å²) in [6.45, 7) is 1.86. The Bertz CT molecular complexity index is 1100. The third-order valence-corrected chi connectivity index (χ3v) is 6.11. The maximum absolute atomic E-state index is 13.5. The van der Waals surface area contributed by atoms with Gasteiger partial charge in [-0.15, -0.1) is 0 Å². The third kappa shape index (κ3) is 3.00. The number of piperidine rings is 1. The predicted octanol–water partition coefficient (Wildman–Crippen LogP) is 4.26. The first kappa shape index (κ1) is 18.2. The summed E-state index contributed by atoms with van der Waals surface area (Å²) in [5.41, 5.74) is 4.00. The number of nitrogens with one attached hydrogen (secondary N) is 1. The number of aryl methyl sites for hydroxylation is 1. The highest BCUT2D eigenvalue weighted by atomic mass is 35.5.